The van der Waals surface area contributed by atoms with Crippen molar-refractivity contribution in [3.8, 4) is 5.75 Å². The molecule has 7 heteroatoms. The molecule has 1 aromatic heterocycles. The Morgan fingerprint density at radius 1 is 1.19 bits per heavy atom. The maximum atomic E-state index is 14.3. The number of halogens is 1. The molecule has 0 saturated heterocycles. The minimum Gasteiger partial charge on any atom is -0.502 e. The molecule has 0 radical (unpaired) electrons. The van der Waals surface area contributed by atoms with Crippen molar-refractivity contribution >= 4 is 0 Å². The van der Waals surface area contributed by atoms with Gasteiger partial charge in [-0.25, -0.2) is 4.39 Å². The van der Waals surface area contributed by atoms with Crippen LogP contribution in [0.2, 0.25) is 0 Å². The van der Waals surface area contributed by atoms with Crippen LogP contribution >= 0.6 is 0 Å². The van der Waals surface area contributed by atoms with Gasteiger partial charge in [-0.1, -0.05) is 25.0 Å². The summed E-state index contributed by atoms with van der Waals surface area (Å²) in [4.78, 5) is 18.6. The largest absolute Gasteiger partial charge is 0.502 e. The zero-order valence-corrected chi connectivity index (χ0v) is 18.8. The van der Waals surface area contributed by atoms with Crippen molar-refractivity contribution in [1.82, 2.24) is 14.5 Å². The number of fused-ring (bicyclic) bond motifs is 1. The molecule has 4 rings (SSSR count). The van der Waals surface area contributed by atoms with Gasteiger partial charge in [-0.05, 0) is 57.2 Å². The minimum atomic E-state index is -1.06. The van der Waals surface area contributed by atoms with E-state index < -0.39 is 17.5 Å². The zero-order valence-electron chi connectivity index (χ0n) is 18.8. The second-order valence-corrected chi connectivity index (χ2v) is 9.51. The first-order valence-electron chi connectivity index (χ1n) is 11.2. The standard InChI is InChI=1S/C24H32FN3O3/c1-14(2)27-9-10-28-18(26-22(30)21(29)20(28)23(27)31)13-24(7-5-6-8-24)17-11-15(3)19(25)16(4)12-17/h11-12,14,23,29,31H,5-10,13H2,1-4H3. The third-order valence-electron chi connectivity index (χ3n) is 7.19. The van der Waals surface area contributed by atoms with Crippen LogP contribution in [0.1, 0.15) is 74.0 Å². The van der Waals surface area contributed by atoms with E-state index in [-0.39, 0.29) is 23.0 Å². The summed E-state index contributed by atoms with van der Waals surface area (Å²) in [5, 5.41) is 21.4. The van der Waals surface area contributed by atoms with Gasteiger partial charge in [-0.2, -0.15) is 4.98 Å². The van der Waals surface area contributed by atoms with Gasteiger partial charge in [-0.3, -0.25) is 9.69 Å². The number of hydrogen-bond acceptors (Lipinski definition) is 5. The fraction of sp³-hybridized carbons (Fsp3) is 0.583. The van der Waals surface area contributed by atoms with Crippen molar-refractivity contribution in [2.45, 2.75) is 84.0 Å². The molecule has 1 aliphatic heterocycles. The van der Waals surface area contributed by atoms with Gasteiger partial charge in [-0.15, -0.1) is 0 Å². The van der Waals surface area contributed by atoms with Gasteiger partial charge in [0.1, 0.15) is 17.3 Å². The zero-order chi connectivity index (χ0) is 22.5. The Labute approximate surface area is 182 Å². The van der Waals surface area contributed by atoms with E-state index in [0.29, 0.717) is 36.5 Å². The number of hydrogen-bond donors (Lipinski definition) is 2. The number of aryl methyl sites for hydroxylation is 2. The number of benzene rings is 1. The third kappa shape index (κ3) is 3.68. The van der Waals surface area contributed by atoms with Crippen LogP contribution < -0.4 is 5.56 Å². The number of aromatic hydroxyl groups is 1. The van der Waals surface area contributed by atoms with E-state index >= 15 is 0 Å². The Morgan fingerprint density at radius 3 is 2.39 bits per heavy atom. The molecule has 1 aromatic carbocycles. The molecular formula is C24H32FN3O3. The van der Waals surface area contributed by atoms with Gasteiger partial charge in [0.25, 0.3) is 0 Å². The summed E-state index contributed by atoms with van der Waals surface area (Å²) in [7, 11) is 0. The van der Waals surface area contributed by atoms with Crippen LogP contribution in [-0.2, 0) is 18.4 Å². The van der Waals surface area contributed by atoms with E-state index in [1.54, 1.807) is 13.8 Å². The molecule has 6 nitrogen and oxygen atoms in total. The molecule has 1 unspecified atom stereocenters. The molecule has 1 atom stereocenters. The molecule has 1 fully saturated rings. The second-order valence-electron chi connectivity index (χ2n) is 9.51. The smallest absolute Gasteiger partial charge is 0.315 e. The molecule has 1 saturated carbocycles. The van der Waals surface area contributed by atoms with Crippen LogP contribution in [0.3, 0.4) is 0 Å². The first-order valence-corrected chi connectivity index (χ1v) is 11.2. The molecule has 0 amide bonds. The van der Waals surface area contributed by atoms with Gasteiger partial charge < -0.3 is 14.8 Å². The van der Waals surface area contributed by atoms with Gasteiger partial charge >= 0.3 is 5.56 Å². The quantitative estimate of drug-likeness (QED) is 0.778. The van der Waals surface area contributed by atoms with Crippen LogP contribution in [0, 0.1) is 19.7 Å². The monoisotopic (exact) mass is 429 g/mol. The molecule has 2 aromatic rings. The molecule has 0 bridgehead atoms. The Kier molecular flexibility index (Phi) is 5.68. The maximum absolute atomic E-state index is 14.3. The summed E-state index contributed by atoms with van der Waals surface area (Å²) < 4.78 is 16.1. The minimum absolute atomic E-state index is 0.0706. The van der Waals surface area contributed by atoms with Gasteiger partial charge in [0.15, 0.2) is 6.23 Å². The molecular weight excluding hydrogens is 397 g/mol. The Balaban J connectivity index is 1.82. The van der Waals surface area contributed by atoms with E-state index in [1.165, 1.54) is 0 Å². The van der Waals surface area contributed by atoms with Crippen molar-refractivity contribution in [2.24, 2.45) is 0 Å². The number of aromatic nitrogens is 2. The van der Waals surface area contributed by atoms with Crippen molar-refractivity contribution in [2.75, 3.05) is 6.54 Å². The summed E-state index contributed by atoms with van der Waals surface area (Å²) in [6.07, 6.45) is 3.46. The van der Waals surface area contributed by atoms with Crippen molar-refractivity contribution < 1.29 is 14.6 Å². The first kappa shape index (κ1) is 22.0. The molecule has 31 heavy (non-hydrogen) atoms. The van der Waals surface area contributed by atoms with Gasteiger partial charge in [0.05, 0.1) is 0 Å². The topological polar surface area (TPSA) is 78.6 Å². The van der Waals surface area contributed by atoms with Crippen LogP contribution in [-0.4, -0.2) is 37.3 Å². The molecule has 0 spiro atoms. The average molecular weight is 430 g/mol. The normalized spacial score (nSPS) is 20.9. The Hall–Kier alpha value is -2.25. The predicted octanol–water partition coefficient (Wildman–Crippen LogP) is 3.47. The molecule has 2 N–H and O–H groups in total. The summed E-state index contributed by atoms with van der Waals surface area (Å²) in [5.74, 6) is -0.0671. The lowest BCUT2D eigenvalue weighted by molar-refractivity contribution is -0.0438. The fourth-order valence-corrected chi connectivity index (χ4v) is 5.46. The lowest BCUT2D eigenvalue weighted by Crippen LogP contribution is -2.45. The molecule has 2 heterocycles. The number of rotatable bonds is 4. The van der Waals surface area contributed by atoms with Crippen LogP contribution in [0.5, 0.6) is 5.75 Å². The van der Waals surface area contributed by atoms with E-state index in [1.807, 2.05) is 35.4 Å². The first-order chi connectivity index (χ1) is 14.6. The van der Waals surface area contributed by atoms with E-state index in [9.17, 15) is 19.4 Å². The third-order valence-corrected chi connectivity index (χ3v) is 7.19. The Bertz CT molecular complexity index is 1030. The van der Waals surface area contributed by atoms with Crippen molar-refractivity contribution in [1.29, 1.82) is 0 Å². The van der Waals surface area contributed by atoms with Crippen molar-refractivity contribution in [3.05, 3.63) is 56.5 Å². The number of nitrogens with zero attached hydrogens (tertiary/aromatic N) is 3. The summed E-state index contributed by atoms with van der Waals surface area (Å²) >= 11 is 0. The Morgan fingerprint density at radius 2 is 1.81 bits per heavy atom. The molecule has 2 aliphatic rings. The van der Waals surface area contributed by atoms with Crippen molar-refractivity contribution in [3.63, 3.8) is 0 Å². The highest BCUT2D eigenvalue weighted by atomic mass is 19.1. The van der Waals surface area contributed by atoms with Gasteiger partial charge in [0.2, 0.25) is 5.75 Å². The lowest BCUT2D eigenvalue weighted by atomic mass is 9.74. The van der Waals surface area contributed by atoms with Crippen LogP contribution in [0.15, 0.2) is 16.9 Å². The SMILES string of the molecule is Cc1cc(C2(Cc3nc(=O)c(O)c4n3CCN(C(C)C)C4O)CCCC2)cc(C)c1F. The van der Waals surface area contributed by atoms with Crippen LogP contribution in [0.4, 0.5) is 4.39 Å². The van der Waals surface area contributed by atoms with E-state index in [0.717, 1.165) is 31.2 Å². The van der Waals surface area contributed by atoms with Gasteiger partial charge in [0, 0.05) is 31.0 Å². The maximum Gasteiger partial charge on any atom is 0.315 e. The van der Waals surface area contributed by atoms with E-state index in [2.05, 4.69) is 4.98 Å². The predicted molar refractivity (Wildman–Crippen MR) is 117 cm³/mol. The highest BCUT2D eigenvalue weighted by Crippen LogP contribution is 2.45. The summed E-state index contributed by atoms with van der Waals surface area (Å²) in [6.45, 7) is 8.67. The summed E-state index contributed by atoms with van der Waals surface area (Å²) in [5.41, 5.74) is 1.63. The molecule has 1 aliphatic carbocycles. The lowest BCUT2D eigenvalue weighted by Gasteiger charge is -2.39. The highest BCUT2D eigenvalue weighted by Gasteiger charge is 2.40. The fourth-order valence-electron chi connectivity index (χ4n) is 5.46. The second kappa shape index (κ2) is 8.02. The van der Waals surface area contributed by atoms with E-state index in [4.69, 9.17) is 0 Å². The average Bonchev–Trinajstić information content (AvgIpc) is 3.19. The molecule has 168 valence electrons. The van der Waals surface area contributed by atoms with Crippen LogP contribution in [0.25, 0.3) is 0 Å². The number of aliphatic hydroxyl groups excluding tert-OH is 1. The summed E-state index contributed by atoms with van der Waals surface area (Å²) in [6, 6.07) is 3.93. The number of aliphatic hydroxyl groups is 1. The highest BCUT2D eigenvalue weighted by molar-refractivity contribution is 5.37.